The molecule has 25 heavy (non-hydrogen) atoms. The molecule has 0 N–H and O–H groups in total. The van der Waals surface area contributed by atoms with Crippen LogP contribution >= 0.6 is 0 Å². The zero-order valence-electron chi connectivity index (χ0n) is 14.7. The van der Waals surface area contributed by atoms with Crippen molar-refractivity contribution in [3.8, 4) is 0 Å². The van der Waals surface area contributed by atoms with Crippen LogP contribution in [-0.2, 0) is 14.8 Å². The Balaban J connectivity index is 1.44. The fourth-order valence-corrected chi connectivity index (χ4v) is 6.51. The predicted molar refractivity (Wildman–Crippen MR) is 97.8 cm³/mol. The molecule has 1 aromatic rings. The Morgan fingerprint density at radius 1 is 1.04 bits per heavy atom. The fraction of sp³-hybridized carbons (Fsp3) is 0.684. The van der Waals surface area contributed by atoms with Gasteiger partial charge < -0.3 is 4.74 Å². The van der Waals surface area contributed by atoms with Gasteiger partial charge >= 0.3 is 0 Å². The first-order valence-electron chi connectivity index (χ1n) is 9.50. The second-order valence-corrected chi connectivity index (χ2v) is 9.66. The van der Waals surface area contributed by atoms with Crippen molar-refractivity contribution in [2.45, 2.75) is 37.8 Å². The molecule has 0 bridgehead atoms. The number of hydrogen-bond donors (Lipinski definition) is 0. The number of benzene rings is 1. The van der Waals surface area contributed by atoms with Gasteiger partial charge in [-0.05, 0) is 24.3 Å². The molecule has 0 spiro atoms. The molecule has 5 nitrogen and oxygen atoms in total. The van der Waals surface area contributed by atoms with Crippen LogP contribution in [-0.4, -0.2) is 62.3 Å². The van der Waals surface area contributed by atoms with Crippen LogP contribution in [0.25, 0.3) is 0 Å². The molecule has 138 valence electrons. The van der Waals surface area contributed by atoms with Gasteiger partial charge in [0.05, 0.1) is 25.0 Å². The van der Waals surface area contributed by atoms with Crippen LogP contribution in [0.3, 0.4) is 0 Å². The number of nitrogens with zero attached hydrogens (tertiary/aromatic N) is 2. The standard InChI is InChI=1S/C19H28N2O3S/c22-25(23,15-16-6-4-5-7-16)20-10-11-21-18(12-20)13-24-14-19(21)17-8-2-1-3-9-17/h1-3,8-9,16,18-19H,4-7,10-15H2/t18-,19-/m1/s1. The van der Waals surface area contributed by atoms with Crippen LogP contribution < -0.4 is 0 Å². The smallest absolute Gasteiger partial charge is 0.214 e. The van der Waals surface area contributed by atoms with Crippen LogP contribution in [0.5, 0.6) is 0 Å². The summed E-state index contributed by atoms with van der Waals surface area (Å²) in [5.74, 6) is 0.700. The van der Waals surface area contributed by atoms with Crippen molar-refractivity contribution in [2.24, 2.45) is 5.92 Å². The minimum atomic E-state index is -3.15. The second kappa shape index (κ2) is 7.35. The molecule has 3 aliphatic rings. The van der Waals surface area contributed by atoms with Gasteiger partial charge in [0.15, 0.2) is 0 Å². The number of rotatable bonds is 4. The third-order valence-corrected chi connectivity index (χ3v) is 7.99. The Morgan fingerprint density at radius 3 is 2.56 bits per heavy atom. The van der Waals surface area contributed by atoms with Crippen LogP contribution in [0.15, 0.2) is 30.3 Å². The monoisotopic (exact) mass is 364 g/mol. The fourth-order valence-electron chi connectivity index (χ4n) is 4.61. The molecule has 1 saturated carbocycles. The van der Waals surface area contributed by atoms with Gasteiger partial charge in [-0.1, -0.05) is 43.2 Å². The van der Waals surface area contributed by atoms with Crippen molar-refractivity contribution < 1.29 is 13.2 Å². The molecule has 1 aliphatic carbocycles. The summed E-state index contributed by atoms with van der Waals surface area (Å²) in [7, 11) is -3.15. The lowest BCUT2D eigenvalue weighted by Gasteiger charge is -2.47. The summed E-state index contributed by atoms with van der Waals surface area (Å²) in [5, 5.41) is 0. The highest BCUT2D eigenvalue weighted by Crippen LogP contribution is 2.32. The first-order valence-corrected chi connectivity index (χ1v) is 11.1. The van der Waals surface area contributed by atoms with E-state index in [-0.39, 0.29) is 12.1 Å². The minimum absolute atomic E-state index is 0.158. The van der Waals surface area contributed by atoms with Gasteiger partial charge in [-0.15, -0.1) is 0 Å². The highest BCUT2D eigenvalue weighted by Gasteiger charge is 2.40. The molecule has 0 amide bonds. The van der Waals surface area contributed by atoms with Gasteiger partial charge in [-0.2, -0.15) is 4.31 Å². The largest absolute Gasteiger partial charge is 0.378 e. The zero-order chi connectivity index (χ0) is 17.3. The maximum atomic E-state index is 12.8. The summed E-state index contributed by atoms with van der Waals surface area (Å²) in [5.41, 5.74) is 1.26. The summed E-state index contributed by atoms with van der Waals surface area (Å²) >= 11 is 0. The van der Waals surface area contributed by atoms with E-state index in [0.717, 1.165) is 19.4 Å². The summed E-state index contributed by atoms with van der Waals surface area (Å²) < 4.78 is 33.2. The molecule has 1 aromatic carbocycles. The highest BCUT2D eigenvalue weighted by atomic mass is 32.2. The van der Waals surface area contributed by atoms with E-state index in [4.69, 9.17) is 4.74 Å². The quantitative estimate of drug-likeness (QED) is 0.822. The average molecular weight is 365 g/mol. The third kappa shape index (κ3) is 3.77. The van der Waals surface area contributed by atoms with Crippen molar-refractivity contribution >= 4 is 10.0 Å². The number of ether oxygens (including phenoxy) is 1. The molecule has 0 radical (unpaired) electrons. The number of morpholine rings is 1. The molecule has 4 rings (SSSR count). The molecule has 2 heterocycles. The van der Waals surface area contributed by atoms with Crippen molar-refractivity contribution in [2.75, 3.05) is 38.6 Å². The van der Waals surface area contributed by atoms with Gasteiger partial charge in [-0.25, -0.2) is 8.42 Å². The van der Waals surface area contributed by atoms with E-state index in [9.17, 15) is 8.42 Å². The van der Waals surface area contributed by atoms with Crippen molar-refractivity contribution in [3.05, 3.63) is 35.9 Å². The summed E-state index contributed by atoms with van der Waals surface area (Å²) in [6, 6.07) is 10.8. The number of sulfonamides is 1. The van der Waals surface area contributed by atoms with Crippen LogP contribution in [0.2, 0.25) is 0 Å². The van der Waals surface area contributed by atoms with Crippen molar-refractivity contribution in [1.82, 2.24) is 9.21 Å². The van der Waals surface area contributed by atoms with E-state index >= 15 is 0 Å². The normalized spacial score (nSPS) is 29.6. The molecule has 0 unspecified atom stereocenters. The maximum Gasteiger partial charge on any atom is 0.214 e. The SMILES string of the molecule is O=S(=O)(CC1CCCC1)N1CCN2[C@@H](COC[C@@H]2c2ccccc2)C1. The Labute approximate surface area is 151 Å². The lowest BCUT2D eigenvalue weighted by atomic mass is 10.0. The maximum absolute atomic E-state index is 12.8. The first kappa shape index (κ1) is 17.5. The predicted octanol–water partition coefficient (Wildman–Crippen LogP) is 2.26. The molecule has 2 aliphatic heterocycles. The Morgan fingerprint density at radius 2 is 1.80 bits per heavy atom. The molecule has 6 heteroatoms. The third-order valence-electron chi connectivity index (χ3n) is 5.98. The van der Waals surface area contributed by atoms with Crippen LogP contribution in [0.4, 0.5) is 0 Å². The number of piperazine rings is 1. The molecule has 3 fully saturated rings. The van der Waals surface area contributed by atoms with Crippen LogP contribution in [0.1, 0.15) is 37.3 Å². The molecule has 0 aromatic heterocycles. The highest BCUT2D eigenvalue weighted by molar-refractivity contribution is 7.89. The second-order valence-electron chi connectivity index (χ2n) is 7.64. The Kier molecular flexibility index (Phi) is 5.13. The van der Waals surface area contributed by atoms with E-state index in [0.29, 0.717) is 38.0 Å². The van der Waals surface area contributed by atoms with E-state index < -0.39 is 10.0 Å². The van der Waals surface area contributed by atoms with Gasteiger partial charge in [0.1, 0.15) is 0 Å². The number of fused-ring (bicyclic) bond motifs is 1. The summed E-state index contributed by atoms with van der Waals surface area (Å²) in [6.07, 6.45) is 4.51. The topological polar surface area (TPSA) is 49.9 Å². The lowest BCUT2D eigenvalue weighted by Crippen LogP contribution is -2.60. The molecular weight excluding hydrogens is 336 g/mol. The van der Waals surface area contributed by atoms with Gasteiger partial charge in [0.25, 0.3) is 0 Å². The van der Waals surface area contributed by atoms with Crippen molar-refractivity contribution in [3.63, 3.8) is 0 Å². The van der Waals surface area contributed by atoms with E-state index in [2.05, 4.69) is 29.2 Å². The summed E-state index contributed by atoms with van der Waals surface area (Å²) in [6.45, 7) is 3.28. The van der Waals surface area contributed by atoms with Gasteiger partial charge in [-0.3, -0.25) is 4.90 Å². The van der Waals surface area contributed by atoms with Gasteiger partial charge in [0, 0.05) is 25.7 Å². The minimum Gasteiger partial charge on any atom is -0.378 e. The first-order chi connectivity index (χ1) is 12.1. The Bertz CT molecular complexity index is 673. The number of hydrogen-bond acceptors (Lipinski definition) is 4. The zero-order valence-corrected chi connectivity index (χ0v) is 15.5. The molecular formula is C19H28N2O3S. The Hall–Kier alpha value is -0.950. The van der Waals surface area contributed by atoms with E-state index in [1.807, 2.05) is 6.07 Å². The van der Waals surface area contributed by atoms with E-state index in [1.54, 1.807) is 4.31 Å². The van der Waals surface area contributed by atoms with E-state index in [1.165, 1.54) is 18.4 Å². The lowest BCUT2D eigenvalue weighted by molar-refractivity contribution is -0.0709. The summed E-state index contributed by atoms with van der Waals surface area (Å²) in [4.78, 5) is 2.44. The molecule has 2 atom stereocenters. The average Bonchev–Trinajstić information content (AvgIpc) is 3.14. The molecule has 2 saturated heterocycles. The van der Waals surface area contributed by atoms with Gasteiger partial charge in [0.2, 0.25) is 10.0 Å². The van der Waals surface area contributed by atoms with Crippen molar-refractivity contribution in [1.29, 1.82) is 0 Å². The van der Waals surface area contributed by atoms with Crippen LogP contribution in [0, 0.1) is 5.92 Å².